The smallest absolute Gasteiger partial charge is 0.0679 e. The largest absolute Gasteiger partial charge is 0.392 e. The first-order valence-electron chi connectivity index (χ1n) is 4.65. The standard InChI is InChI=1S/C9H15N3O/c1-7-8(4-10-11-7)5-12-3-2-9(13)6-12/h4,9,13H,2-3,5-6H2,1H3,(H,10,11)/t9-/m1/s1. The Morgan fingerprint density at radius 3 is 3.15 bits per heavy atom. The van der Waals surface area contributed by atoms with E-state index in [0.717, 1.165) is 31.7 Å². The van der Waals surface area contributed by atoms with Crippen LogP contribution >= 0.6 is 0 Å². The van der Waals surface area contributed by atoms with E-state index < -0.39 is 0 Å². The van der Waals surface area contributed by atoms with Gasteiger partial charge in [-0.3, -0.25) is 10.00 Å². The van der Waals surface area contributed by atoms with Gasteiger partial charge >= 0.3 is 0 Å². The van der Waals surface area contributed by atoms with E-state index in [1.165, 1.54) is 5.56 Å². The molecule has 0 radical (unpaired) electrons. The first-order chi connectivity index (χ1) is 6.25. The number of hydrogen-bond donors (Lipinski definition) is 2. The van der Waals surface area contributed by atoms with E-state index in [0.29, 0.717) is 0 Å². The van der Waals surface area contributed by atoms with Gasteiger partial charge in [-0.05, 0) is 13.3 Å². The van der Waals surface area contributed by atoms with Crippen LogP contribution in [0.2, 0.25) is 0 Å². The third-order valence-corrected chi connectivity index (χ3v) is 2.58. The maximum Gasteiger partial charge on any atom is 0.0679 e. The Morgan fingerprint density at radius 1 is 1.77 bits per heavy atom. The van der Waals surface area contributed by atoms with Gasteiger partial charge in [0, 0.05) is 31.4 Å². The Hall–Kier alpha value is -0.870. The quantitative estimate of drug-likeness (QED) is 0.689. The SMILES string of the molecule is Cc1n[nH]cc1CN1CC[C@@H](O)C1. The average Bonchev–Trinajstić information content (AvgIpc) is 2.64. The lowest BCUT2D eigenvalue weighted by atomic mass is 10.2. The molecule has 4 heteroatoms. The summed E-state index contributed by atoms with van der Waals surface area (Å²) in [4.78, 5) is 2.25. The molecule has 13 heavy (non-hydrogen) atoms. The topological polar surface area (TPSA) is 52.2 Å². The average molecular weight is 181 g/mol. The summed E-state index contributed by atoms with van der Waals surface area (Å²) in [5, 5.41) is 16.2. The van der Waals surface area contributed by atoms with Gasteiger partial charge in [0.15, 0.2) is 0 Å². The Labute approximate surface area is 77.6 Å². The van der Waals surface area contributed by atoms with Crippen molar-refractivity contribution in [1.29, 1.82) is 0 Å². The van der Waals surface area contributed by atoms with Gasteiger partial charge in [-0.1, -0.05) is 0 Å². The second kappa shape index (κ2) is 3.47. The molecular formula is C9H15N3O. The van der Waals surface area contributed by atoms with Crippen molar-refractivity contribution in [2.75, 3.05) is 13.1 Å². The van der Waals surface area contributed by atoms with E-state index in [1.807, 2.05) is 13.1 Å². The number of aryl methyl sites for hydroxylation is 1. The zero-order valence-corrected chi connectivity index (χ0v) is 7.82. The van der Waals surface area contributed by atoms with Crippen LogP contribution in [0.15, 0.2) is 6.20 Å². The Bertz CT molecular complexity index is 284. The molecule has 1 fully saturated rings. The maximum absolute atomic E-state index is 9.33. The van der Waals surface area contributed by atoms with Crippen molar-refractivity contribution in [3.05, 3.63) is 17.5 Å². The normalized spacial score (nSPS) is 24.0. The number of aliphatic hydroxyl groups is 1. The second-order valence-electron chi connectivity index (χ2n) is 3.67. The van der Waals surface area contributed by atoms with Crippen LogP contribution in [0.25, 0.3) is 0 Å². The van der Waals surface area contributed by atoms with Crippen LogP contribution in [0.3, 0.4) is 0 Å². The lowest BCUT2D eigenvalue weighted by Crippen LogP contribution is -2.21. The fourth-order valence-corrected chi connectivity index (χ4v) is 1.74. The molecule has 1 aliphatic heterocycles. The summed E-state index contributed by atoms with van der Waals surface area (Å²) in [6, 6.07) is 0. The van der Waals surface area contributed by atoms with Crippen molar-refractivity contribution in [2.45, 2.75) is 26.0 Å². The van der Waals surface area contributed by atoms with Gasteiger partial charge in [-0.2, -0.15) is 5.10 Å². The predicted octanol–water partition coefficient (Wildman–Crippen LogP) is 0.285. The summed E-state index contributed by atoms with van der Waals surface area (Å²) in [6.07, 6.45) is 2.70. The van der Waals surface area contributed by atoms with Crippen LogP contribution in [0, 0.1) is 6.92 Å². The highest BCUT2D eigenvalue weighted by Crippen LogP contribution is 2.13. The first-order valence-corrected chi connectivity index (χ1v) is 4.65. The number of aromatic nitrogens is 2. The van der Waals surface area contributed by atoms with E-state index in [9.17, 15) is 5.11 Å². The number of nitrogens with zero attached hydrogens (tertiary/aromatic N) is 2. The minimum Gasteiger partial charge on any atom is -0.392 e. The number of aliphatic hydroxyl groups excluding tert-OH is 1. The molecule has 72 valence electrons. The zero-order chi connectivity index (χ0) is 9.26. The molecular weight excluding hydrogens is 166 g/mol. The van der Waals surface area contributed by atoms with E-state index >= 15 is 0 Å². The summed E-state index contributed by atoms with van der Waals surface area (Å²) in [5.74, 6) is 0. The molecule has 1 atom stereocenters. The van der Waals surface area contributed by atoms with Crippen LogP contribution in [-0.2, 0) is 6.54 Å². The van der Waals surface area contributed by atoms with Crippen molar-refractivity contribution in [3.8, 4) is 0 Å². The number of nitrogens with one attached hydrogen (secondary N) is 1. The molecule has 1 aromatic heterocycles. The molecule has 1 aliphatic rings. The third kappa shape index (κ3) is 1.89. The Kier molecular flexibility index (Phi) is 2.33. The monoisotopic (exact) mass is 181 g/mol. The van der Waals surface area contributed by atoms with Crippen molar-refractivity contribution < 1.29 is 5.11 Å². The molecule has 0 spiro atoms. The van der Waals surface area contributed by atoms with Gasteiger partial charge in [0.05, 0.1) is 11.8 Å². The van der Waals surface area contributed by atoms with E-state index in [4.69, 9.17) is 0 Å². The minimum absolute atomic E-state index is 0.132. The van der Waals surface area contributed by atoms with Crippen LogP contribution in [0.1, 0.15) is 17.7 Å². The van der Waals surface area contributed by atoms with Crippen LogP contribution < -0.4 is 0 Å². The van der Waals surface area contributed by atoms with Crippen molar-refractivity contribution in [3.63, 3.8) is 0 Å². The van der Waals surface area contributed by atoms with Gasteiger partial charge in [-0.15, -0.1) is 0 Å². The number of hydrogen-bond acceptors (Lipinski definition) is 3. The van der Waals surface area contributed by atoms with E-state index in [-0.39, 0.29) is 6.10 Å². The zero-order valence-electron chi connectivity index (χ0n) is 7.82. The summed E-state index contributed by atoms with van der Waals surface area (Å²) >= 11 is 0. The molecule has 0 saturated carbocycles. The fourth-order valence-electron chi connectivity index (χ4n) is 1.74. The number of aromatic amines is 1. The van der Waals surface area contributed by atoms with Gasteiger partial charge < -0.3 is 5.11 Å². The minimum atomic E-state index is -0.132. The van der Waals surface area contributed by atoms with Crippen molar-refractivity contribution in [1.82, 2.24) is 15.1 Å². The van der Waals surface area contributed by atoms with Crippen LogP contribution in [-0.4, -0.2) is 39.4 Å². The van der Waals surface area contributed by atoms with Gasteiger partial charge in [0.25, 0.3) is 0 Å². The Balaban J connectivity index is 1.95. The van der Waals surface area contributed by atoms with E-state index in [1.54, 1.807) is 0 Å². The molecule has 0 aliphatic carbocycles. The van der Waals surface area contributed by atoms with Crippen LogP contribution in [0.5, 0.6) is 0 Å². The molecule has 2 N–H and O–H groups in total. The Morgan fingerprint density at radius 2 is 2.62 bits per heavy atom. The van der Waals surface area contributed by atoms with Gasteiger partial charge in [0.2, 0.25) is 0 Å². The molecule has 2 rings (SSSR count). The lowest BCUT2D eigenvalue weighted by molar-refractivity contribution is 0.174. The molecule has 4 nitrogen and oxygen atoms in total. The highest BCUT2D eigenvalue weighted by molar-refractivity contribution is 5.14. The highest BCUT2D eigenvalue weighted by Gasteiger charge is 2.20. The summed E-state index contributed by atoms with van der Waals surface area (Å²) in [6.45, 7) is 4.69. The molecule has 2 heterocycles. The molecule has 1 aromatic rings. The van der Waals surface area contributed by atoms with Gasteiger partial charge in [-0.25, -0.2) is 0 Å². The summed E-state index contributed by atoms with van der Waals surface area (Å²) in [7, 11) is 0. The molecule has 0 aromatic carbocycles. The highest BCUT2D eigenvalue weighted by atomic mass is 16.3. The predicted molar refractivity (Wildman–Crippen MR) is 49.2 cm³/mol. The molecule has 0 bridgehead atoms. The third-order valence-electron chi connectivity index (χ3n) is 2.58. The second-order valence-corrected chi connectivity index (χ2v) is 3.67. The number of likely N-dealkylation sites (tertiary alicyclic amines) is 1. The molecule has 0 amide bonds. The van der Waals surface area contributed by atoms with Crippen molar-refractivity contribution >= 4 is 0 Å². The maximum atomic E-state index is 9.33. The van der Waals surface area contributed by atoms with E-state index in [2.05, 4.69) is 15.1 Å². The van der Waals surface area contributed by atoms with Crippen molar-refractivity contribution in [2.24, 2.45) is 0 Å². The first kappa shape index (κ1) is 8.72. The van der Waals surface area contributed by atoms with Gasteiger partial charge in [0.1, 0.15) is 0 Å². The lowest BCUT2D eigenvalue weighted by Gasteiger charge is -2.13. The molecule has 1 saturated heterocycles. The fraction of sp³-hybridized carbons (Fsp3) is 0.667. The number of β-amino-alcohol motifs (C(OH)–C–C–N with tert-alkyl or cyclic N) is 1. The van der Waals surface area contributed by atoms with Crippen LogP contribution in [0.4, 0.5) is 0 Å². The molecule has 0 unspecified atom stereocenters. The summed E-state index contributed by atoms with van der Waals surface area (Å²) < 4.78 is 0. The number of rotatable bonds is 2. The number of H-pyrrole nitrogens is 1. The summed E-state index contributed by atoms with van der Waals surface area (Å²) in [5.41, 5.74) is 2.29.